The Bertz CT molecular complexity index is 3950. The molecular weight excluding hydrogens is 785 g/mol. The van der Waals surface area contributed by atoms with E-state index in [9.17, 15) is 0 Å². The molecule has 298 valence electrons. The van der Waals surface area contributed by atoms with E-state index in [0.29, 0.717) is 17.5 Å². The van der Waals surface area contributed by atoms with Crippen LogP contribution in [0.15, 0.2) is 215 Å². The molecule has 0 aliphatic rings. The average Bonchev–Trinajstić information content (AvgIpc) is 3.94. The zero-order valence-corrected chi connectivity index (χ0v) is 34.2. The predicted molar refractivity (Wildman–Crippen MR) is 260 cm³/mol. The van der Waals surface area contributed by atoms with Gasteiger partial charge in [-0.15, -0.1) is 0 Å². The van der Waals surface area contributed by atoms with Crippen molar-refractivity contribution in [2.45, 2.75) is 0 Å². The largest absolute Gasteiger partial charge is 0.456 e. The summed E-state index contributed by atoms with van der Waals surface area (Å²) in [6, 6.07) is 70.8. The third kappa shape index (κ3) is 5.81. The summed E-state index contributed by atoms with van der Waals surface area (Å²) in [5, 5.41) is 7.31. The van der Waals surface area contributed by atoms with Crippen LogP contribution >= 0.6 is 0 Å². The first-order valence-corrected chi connectivity index (χ1v) is 21.4. The highest BCUT2D eigenvalue weighted by molar-refractivity contribution is 6.29. The maximum Gasteiger partial charge on any atom is 0.164 e. The molecule has 0 saturated carbocycles. The second-order valence-corrected chi connectivity index (χ2v) is 16.1. The summed E-state index contributed by atoms with van der Waals surface area (Å²) in [5.74, 6) is 1.77. The molecule has 64 heavy (non-hydrogen) atoms. The minimum absolute atomic E-state index is 0.569. The van der Waals surface area contributed by atoms with E-state index in [2.05, 4.69) is 146 Å². The van der Waals surface area contributed by atoms with Crippen molar-refractivity contribution in [3.8, 4) is 67.7 Å². The van der Waals surface area contributed by atoms with Gasteiger partial charge in [-0.05, 0) is 41.5 Å². The third-order valence-corrected chi connectivity index (χ3v) is 12.3. The Morgan fingerprint density at radius 1 is 0.297 bits per heavy atom. The Morgan fingerprint density at radius 3 is 1.59 bits per heavy atom. The molecule has 4 heterocycles. The van der Waals surface area contributed by atoms with Gasteiger partial charge in [0, 0.05) is 71.1 Å². The van der Waals surface area contributed by atoms with Crippen LogP contribution in [0.25, 0.3) is 133 Å². The van der Waals surface area contributed by atoms with Crippen LogP contribution in [-0.4, -0.2) is 19.9 Å². The predicted octanol–water partition coefficient (Wildman–Crippen LogP) is 15.4. The summed E-state index contributed by atoms with van der Waals surface area (Å²) >= 11 is 0. The Balaban J connectivity index is 1.05. The molecule has 0 spiro atoms. The first kappa shape index (κ1) is 36.0. The molecule has 0 aliphatic heterocycles. The molecule has 13 aromatic rings. The van der Waals surface area contributed by atoms with Gasteiger partial charge in [-0.2, -0.15) is 0 Å². The van der Waals surface area contributed by atoms with Crippen LogP contribution in [0.1, 0.15) is 0 Å². The van der Waals surface area contributed by atoms with Gasteiger partial charge in [-0.1, -0.05) is 176 Å². The van der Waals surface area contributed by atoms with Crippen molar-refractivity contribution < 1.29 is 8.83 Å². The van der Waals surface area contributed by atoms with Crippen LogP contribution in [-0.2, 0) is 0 Å². The molecule has 13 rings (SSSR count). The van der Waals surface area contributed by atoms with Crippen LogP contribution < -0.4 is 0 Å². The lowest BCUT2D eigenvalue weighted by Crippen LogP contribution is -2.00. The van der Waals surface area contributed by atoms with E-state index >= 15 is 0 Å². The Hall–Kier alpha value is -8.74. The summed E-state index contributed by atoms with van der Waals surface area (Å²) in [7, 11) is 0. The van der Waals surface area contributed by atoms with Crippen LogP contribution in [0.3, 0.4) is 0 Å². The van der Waals surface area contributed by atoms with Crippen molar-refractivity contribution in [1.82, 2.24) is 19.9 Å². The minimum atomic E-state index is 0.569. The maximum absolute atomic E-state index is 6.76. The molecule has 0 N–H and O–H groups in total. The topological polar surface area (TPSA) is 77.8 Å². The first-order chi connectivity index (χ1) is 31.7. The zero-order valence-electron chi connectivity index (χ0n) is 34.2. The number of nitrogens with zero attached hydrogens (tertiary/aromatic N) is 4. The van der Waals surface area contributed by atoms with Crippen LogP contribution in [0.4, 0.5) is 0 Å². The van der Waals surface area contributed by atoms with Crippen molar-refractivity contribution in [1.29, 1.82) is 0 Å². The van der Waals surface area contributed by atoms with Crippen molar-refractivity contribution in [2.24, 2.45) is 0 Å². The number of rotatable bonds is 6. The molecule has 0 amide bonds. The summed E-state index contributed by atoms with van der Waals surface area (Å²) in [6.45, 7) is 0. The highest BCUT2D eigenvalue weighted by Crippen LogP contribution is 2.49. The Kier molecular flexibility index (Phi) is 8.11. The molecule has 0 radical (unpaired) electrons. The van der Waals surface area contributed by atoms with Gasteiger partial charge in [0.15, 0.2) is 17.5 Å². The van der Waals surface area contributed by atoms with Crippen LogP contribution in [0.5, 0.6) is 0 Å². The number of hydrogen-bond donors (Lipinski definition) is 0. The molecule has 0 unspecified atom stereocenters. The van der Waals surface area contributed by atoms with Crippen molar-refractivity contribution in [3.05, 3.63) is 206 Å². The van der Waals surface area contributed by atoms with Crippen molar-refractivity contribution in [2.75, 3.05) is 0 Å². The minimum Gasteiger partial charge on any atom is -0.456 e. The second kappa shape index (κ2) is 14.4. The number of furan rings is 2. The van der Waals surface area contributed by atoms with Gasteiger partial charge in [0.25, 0.3) is 0 Å². The van der Waals surface area contributed by atoms with E-state index in [4.69, 9.17) is 28.8 Å². The maximum atomic E-state index is 6.76. The fourth-order valence-electron chi connectivity index (χ4n) is 9.35. The fraction of sp³-hybridized carbons (Fsp3) is 0. The van der Waals surface area contributed by atoms with Crippen LogP contribution in [0, 0.1) is 0 Å². The van der Waals surface area contributed by atoms with Gasteiger partial charge in [-0.3, -0.25) is 0 Å². The number of para-hydroxylation sites is 4. The number of fused-ring (bicyclic) bond motifs is 9. The Morgan fingerprint density at radius 2 is 0.828 bits per heavy atom. The average molecular weight is 819 g/mol. The first-order valence-electron chi connectivity index (χ1n) is 21.4. The zero-order chi connectivity index (χ0) is 42.1. The second-order valence-electron chi connectivity index (χ2n) is 16.1. The molecule has 6 heteroatoms. The summed E-state index contributed by atoms with van der Waals surface area (Å²) < 4.78 is 13.5. The van der Waals surface area contributed by atoms with Crippen LogP contribution in [0.2, 0.25) is 0 Å². The molecule has 4 aromatic heterocycles. The standard InChI is InChI=1S/C58H34N4O2/c1-3-15-35(16-4-1)36-29-31-38(32-30-36)57-60-56(37-17-5-2-6-18-37)61-58(62-57)40-20-13-19-39(33-40)54-46-34-50-52(44-23-9-12-28-49(44)63-50)53(51(46)43-22-7-10-26-47(43)59-54)45-25-14-24-42-41-21-8-11-27-48(41)64-55(42)45/h1-34H. The van der Waals surface area contributed by atoms with E-state index in [1.54, 1.807) is 0 Å². The van der Waals surface area contributed by atoms with Gasteiger partial charge >= 0.3 is 0 Å². The number of aromatic nitrogens is 4. The number of pyridine rings is 1. The SMILES string of the molecule is c1ccc(-c2ccc(-c3nc(-c4ccccc4)nc(-c4cccc(-c5nc6ccccc6c6c(-c7cccc8c7oc7ccccc78)c7c(cc56)oc5ccccc57)c4)n3)cc2)cc1. The van der Waals surface area contributed by atoms with E-state index in [-0.39, 0.29) is 0 Å². The molecule has 0 atom stereocenters. The number of benzene rings is 9. The quantitative estimate of drug-likeness (QED) is 0.156. The molecule has 0 saturated heterocycles. The molecule has 0 fully saturated rings. The summed E-state index contributed by atoms with van der Waals surface area (Å²) in [6.07, 6.45) is 0. The van der Waals surface area contributed by atoms with E-state index in [0.717, 1.165) is 116 Å². The molecular formula is C58H34N4O2. The number of hydrogen-bond acceptors (Lipinski definition) is 6. The van der Waals surface area contributed by atoms with Crippen molar-refractivity contribution >= 4 is 65.6 Å². The van der Waals surface area contributed by atoms with E-state index < -0.39 is 0 Å². The molecule has 9 aromatic carbocycles. The monoisotopic (exact) mass is 818 g/mol. The lowest BCUT2D eigenvalue weighted by Gasteiger charge is -2.16. The van der Waals surface area contributed by atoms with Crippen molar-refractivity contribution in [3.63, 3.8) is 0 Å². The lowest BCUT2D eigenvalue weighted by atomic mass is 9.88. The highest BCUT2D eigenvalue weighted by atomic mass is 16.3. The van der Waals surface area contributed by atoms with Gasteiger partial charge < -0.3 is 8.83 Å². The normalized spacial score (nSPS) is 11.8. The van der Waals surface area contributed by atoms with Gasteiger partial charge in [0.05, 0.1) is 11.2 Å². The molecule has 0 aliphatic carbocycles. The summed E-state index contributed by atoms with van der Waals surface area (Å²) in [4.78, 5) is 20.7. The smallest absolute Gasteiger partial charge is 0.164 e. The Labute approximate surface area is 366 Å². The fourth-order valence-corrected chi connectivity index (χ4v) is 9.35. The molecule has 0 bridgehead atoms. The molecule has 6 nitrogen and oxygen atoms in total. The van der Waals surface area contributed by atoms with Gasteiger partial charge in [-0.25, -0.2) is 19.9 Å². The lowest BCUT2D eigenvalue weighted by molar-refractivity contribution is 0.669. The van der Waals surface area contributed by atoms with Gasteiger partial charge in [0.1, 0.15) is 22.3 Å². The van der Waals surface area contributed by atoms with E-state index in [1.807, 2.05) is 60.7 Å². The third-order valence-electron chi connectivity index (χ3n) is 12.3. The van der Waals surface area contributed by atoms with E-state index in [1.165, 1.54) is 0 Å². The summed E-state index contributed by atoms with van der Waals surface area (Å²) in [5.41, 5.74) is 12.9. The highest BCUT2D eigenvalue weighted by Gasteiger charge is 2.24. The van der Waals surface area contributed by atoms with Gasteiger partial charge in [0.2, 0.25) is 0 Å².